The first-order chi connectivity index (χ1) is 12.9. The third-order valence-corrected chi connectivity index (χ3v) is 4.80. The van der Waals surface area contributed by atoms with Crippen LogP contribution in [0.1, 0.15) is 29.4 Å². The smallest absolute Gasteiger partial charge is 0.231 e. The first-order valence-corrected chi connectivity index (χ1v) is 8.03. The number of carbonyl (C=O) groups excluding carboxylic acids is 1. The maximum atomic E-state index is 14.3. The Labute approximate surface area is 151 Å². The van der Waals surface area contributed by atoms with Gasteiger partial charge >= 0.3 is 0 Å². The van der Waals surface area contributed by atoms with E-state index in [0.29, 0.717) is 6.29 Å². The fraction of sp³-hybridized carbons (Fsp3) is 0.211. The zero-order valence-electron chi connectivity index (χ0n) is 13.7. The Balaban J connectivity index is 2.21. The third kappa shape index (κ3) is 3.22. The highest BCUT2D eigenvalue weighted by Crippen LogP contribution is 2.44. The molecular formula is C19H13F4NO3. The van der Waals surface area contributed by atoms with Gasteiger partial charge in [0.2, 0.25) is 6.04 Å². The lowest BCUT2D eigenvalue weighted by Gasteiger charge is -2.32. The number of nitrogens with zero attached hydrogens (tertiary/aromatic N) is 1. The van der Waals surface area contributed by atoms with Gasteiger partial charge in [0.15, 0.2) is 23.3 Å². The summed E-state index contributed by atoms with van der Waals surface area (Å²) in [5, 5.41) is 11.8. The van der Waals surface area contributed by atoms with E-state index in [-0.39, 0.29) is 23.1 Å². The van der Waals surface area contributed by atoms with E-state index in [9.17, 15) is 32.5 Å². The SMILES string of the molecule is O=CC1=CC[C@@H](c2cccc(F)c2F)C([N+](=O)[O-])C1c1cccc(F)c1F. The Kier molecular flexibility index (Phi) is 5.07. The molecule has 1 aliphatic rings. The largest absolute Gasteiger partial charge is 0.298 e. The van der Waals surface area contributed by atoms with E-state index < -0.39 is 46.1 Å². The number of rotatable bonds is 4. The molecule has 0 aliphatic heterocycles. The highest BCUT2D eigenvalue weighted by atomic mass is 19.2. The number of hydrogen-bond acceptors (Lipinski definition) is 3. The van der Waals surface area contributed by atoms with Gasteiger partial charge in [-0.25, -0.2) is 17.6 Å². The summed E-state index contributed by atoms with van der Waals surface area (Å²) in [6.07, 6.45) is 1.54. The summed E-state index contributed by atoms with van der Waals surface area (Å²) in [4.78, 5) is 22.5. The molecule has 1 aliphatic carbocycles. The van der Waals surface area contributed by atoms with E-state index in [1.807, 2.05) is 0 Å². The van der Waals surface area contributed by atoms with Crippen LogP contribution in [0.4, 0.5) is 17.6 Å². The van der Waals surface area contributed by atoms with Gasteiger partial charge in [-0.1, -0.05) is 30.3 Å². The average molecular weight is 379 g/mol. The summed E-state index contributed by atoms with van der Waals surface area (Å²) in [6, 6.07) is 4.76. The molecule has 0 bridgehead atoms. The molecule has 0 saturated carbocycles. The molecule has 2 unspecified atom stereocenters. The molecule has 0 amide bonds. The molecule has 3 rings (SSSR count). The molecule has 4 nitrogen and oxygen atoms in total. The Morgan fingerprint density at radius 1 is 0.963 bits per heavy atom. The van der Waals surface area contributed by atoms with Gasteiger partial charge in [-0.3, -0.25) is 14.9 Å². The number of benzene rings is 2. The van der Waals surface area contributed by atoms with E-state index in [1.54, 1.807) is 0 Å². The van der Waals surface area contributed by atoms with Gasteiger partial charge in [0.05, 0.1) is 11.8 Å². The number of nitro groups is 1. The van der Waals surface area contributed by atoms with Gasteiger partial charge in [-0.15, -0.1) is 0 Å². The maximum Gasteiger partial charge on any atom is 0.231 e. The van der Waals surface area contributed by atoms with Crippen molar-refractivity contribution in [3.05, 3.63) is 92.6 Å². The monoisotopic (exact) mass is 379 g/mol. The zero-order valence-corrected chi connectivity index (χ0v) is 13.7. The first kappa shape index (κ1) is 18.8. The predicted molar refractivity (Wildman–Crippen MR) is 87.7 cm³/mol. The van der Waals surface area contributed by atoms with Gasteiger partial charge < -0.3 is 0 Å². The standard InChI is InChI=1S/C19H13F4NO3/c20-14-5-1-3-11(17(14)22)12-8-7-10(9-25)16(19(12)24(26)27)13-4-2-6-15(21)18(13)23/h1-7,9,12,16,19H,8H2/t12-,16?,19?/m0/s1. The molecule has 0 spiro atoms. The third-order valence-electron chi connectivity index (χ3n) is 4.80. The minimum atomic E-state index is -1.68. The molecule has 0 aromatic heterocycles. The Bertz CT molecular complexity index is 945. The lowest BCUT2D eigenvalue weighted by molar-refractivity contribution is -0.530. The fourth-order valence-corrected chi connectivity index (χ4v) is 3.59. The summed E-state index contributed by atoms with van der Waals surface area (Å²) < 4.78 is 55.9. The number of halogens is 4. The van der Waals surface area contributed by atoms with Crippen molar-refractivity contribution in [3.8, 4) is 0 Å². The van der Waals surface area contributed by atoms with Crippen LogP contribution in [0.25, 0.3) is 0 Å². The maximum absolute atomic E-state index is 14.3. The highest BCUT2D eigenvalue weighted by Gasteiger charge is 2.47. The number of carbonyl (C=O) groups is 1. The molecule has 0 radical (unpaired) electrons. The van der Waals surface area contributed by atoms with Crippen molar-refractivity contribution in [3.63, 3.8) is 0 Å². The summed E-state index contributed by atoms with van der Waals surface area (Å²) in [7, 11) is 0. The Hall–Kier alpha value is -3.03. The summed E-state index contributed by atoms with van der Waals surface area (Å²) >= 11 is 0. The molecule has 2 aromatic carbocycles. The lowest BCUT2D eigenvalue weighted by Crippen LogP contribution is -2.38. The van der Waals surface area contributed by atoms with Crippen LogP contribution in [0.2, 0.25) is 0 Å². The van der Waals surface area contributed by atoms with E-state index in [2.05, 4.69) is 0 Å². The highest BCUT2D eigenvalue weighted by molar-refractivity contribution is 5.77. The summed E-state index contributed by atoms with van der Waals surface area (Å²) in [6.45, 7) is 0. The van der Waals surface area contributed by atoms with Crippen LogP contribution in [-0.2, 0) is 4.79 Å². The van der Waals surface area contributed by atoms with Crippen LogP contribution in [0.5, 0.6) is 0 Å². The number of aldehydes is 1. The minimum absolute atomic E-state index is 0.103. The van der Waals surface area contributed by atoms with Gasteiger partial charge in [0, 0.05) is 21.6 Å². The van der Waals surface area contributed by atoms with Gasteiger partial charge in [0.1, 0.15) is 6.29 Å². The van der Waals surface area contributed by atoms with Gasteiger partial charge in [-0.05, 0) is 18.6 Å². The van der Waals surface area contributed by atoms with Crippen molar-refractivity contribution >= 4 is 6.29 Å². The molecule has 3 atom stereocenters. The topological polar surface area (TPSA) is 60.2 Å². The van der Waals surface area contributed by atoms with Crippen molar-refractivity contribution in [2.45, 2.75) is 24.3 Å². The molecule has 8 heteroatoms. The molecule has 0 saturated heterocycles. The van der Waals surface area contributed by atoms with Crippen molar-refractivity contribution in [1.82, 2.24) is 0 Å². The van der Waals surface area contributed by atoms with E-state index in [0.717, 1.165) is 18.2 Å². The minimum Gasteiger partial charge on any atom is -0.298 e. The summed E-state index contributed by atoms with van der Waals surface area (Å²) in [5.74, 6) is -7.55. The second-order valence-corrected chi connectivity index (χ2v) is 6.20. The Morgan fingerprint density at radius 3 is 2.07 bits per heavy atom. The van der Waals surface area contributed by atoms with Crippen LogP contribution >= 0.6 is 0 Å². The van der Waals surface area contributed by atoms with Crippen LogP contribution < -0.4 is 0 Å². The van der Waals surface area contributed by atoms with E-state index in [4.69, 9.17) is 0 Å². The lowest BCUT2D eigenvalue weighted by atomic mass is 9.71. The number of allylic oxidation sites excluding steroid dienone is 1. The Morgan fingerprint density at radius 2 is 1.52 bits per heavy atom. The summed E-state index contributed by atoms with van der Waals surface area (Å²) in [5.41, 5.74) is -0.731. The van der Waals surface area contributed by atoms with Gasteiger partial charge in [0.25, 0.3) is 0 Å². The van der Waals surface area contributed by atoms with Crippen molar-refractivity contribution in [2.24, 2.45) is 0 Å². The molecule has 0 N–H and O–H groups in total. The second kappa shape index (κ2) is 7.30. The first-order valence-electron chi connectivity index (χ1n) is 8.03. The van der Waals surface area contributed by atoms with Crippen molar-refractivity contribution in [1.29, 1.82) is 0 Å². The van der Waals surface area contributed by atoms with Crippen LogP contribution in [-0.4, -0.2) is 17.3 Å². The number of hydrogen-bond donors (Lipinski definition) is 0. The molecular weight excluding hydrogens is 366 g/mol. The van der Waals surface area contributed by atoms with Crippen molar-refractivity contribution in [2.75, 3.05) is 0 Å². The predicted octanol–water partition coefficient (Wildman–Crippen LogP) is 4.28. The van der Waals surface area contributed by atoms with Gasteiger partial charge in [-0.2, -0.15) is 0 Å². The fourth-order valence-electron chi connectivity index (χ4n) is 3.59. The quantitative estimate of drug-likeness (QED) is 0.345. The molecule has 140 valence electrons. The van der Waals surface area contributed by atoms with Crippen LogP contribution in [0, 0.1) is 33.4 Å². The molecule has 2 aromatic rings. The molecule has 0 heterocycles. The molecule has 27 heavy (non-hydrogen) atoms. The zero-order chi connectivity index (χ0) is 19.7. The molecule has 0 fully saturated rings. The normalized spacial score (nSPS) is 22.2. The van der Waals surface area contributed by atoms with Crippen LogP contribution in [0.3, 0.4) is 0 Å². The van der Waals surface area contributed by atoms with E-state index in [1.165, 1.54) is 24.3 Å². The average Bonchev–Trinajstić information content (AvgIpc) is 2.65. The van der Waals surface area contributed by atoms with E-state index >= 15 is 0 Å². The van der Waals surface area contributed by atoms with Crippen molar-refractivity contribution < 1.29 is 27.3 Å². The second-order valence-electron chi connectivity index (χ2n) is 6.20. The van der Waals surface area contributed by atoms with Crippen LogP contribution in [0.15, 0.2) is 48.0 Å².